The Morgan fingerprint density at radius 1 is 1.11 bits per heavy atom. The number of fused-ring (bicyclic) bond motifs is 5. The van der Waals surface area contributed by atoms with E-state index in [2.05, 4.69) is 47.8 Å². The summed E-state index contributed by atoms with van der Waals surface area (Å²) in [6.45, 7) is 2.60. The minimum Gasteiger partial charge on any atom is -0.459 e. The van der Waals surface area contributed by atoms with Crippen LogP contribution in [0.4, 0.5) is 0 Å². The zero-order valence-corrected chi connectivity index (χ0v) is 21.1. The molecule has 0 aromatic heterocycles. The van der Waals surface area contributed by atoms with Crippen molar-refractivity contribution in [1.29, 1.82) is 0 Å². The molecule has 1 aliphatic heterocycles. The van der Waals surface area contributed by atoms with E-state index in [-0.39, 0.29) is 30.4 Å². The topological polar surface area (TPSA) is 67.8 Å². The molecule has 6 rings (SSSR count). The normalized spacial score (nSPS) is 29.9. The number of aliphatic hydroxyl groups excluding tert-OH is 1. The fraction of sp³-hybridized carbons (Fsp3) is 0.516. The molecule has 0 spiro atoms. The Kier molecular flexibility index (Phi) is 6.61. The highest BCUT2D eigenvalue weighted by molar-refractivity contribution is 5.92. The number of carbonyl (C=O) groups excluding carboxylic acids is 1. The first kappa shape index (κ1) is 23.7. The SMILES string of the molecule is CCO[C@H]1OC(C(=O)NC2CC3CCC2C3)=C[C@@H](c2cccc3c2Cc2ccccc2-3)[C@H]1CCCO. The molecule has 6 atom stereocenters. The minimum atomic E-state index is -0.517. The fourth-order valence-electron chi connectivity index (χ4n) is 7.28. The lowest BCUT2D eigenvalue weighted by molar-refractivity contribution is -0.167. The van der Waals surface area contributed by atoms with Gasteiger partial charge >= 0.3 is 0 Å². The van der Waals surface area contributed by atoms with Crippen LogP contribution in [0, 0.1) is 17.8 Å². The second-order valence-electron chi connectivity index (χ2n) is 11.0. The van der Waals surface area contributed by atoms with Crippen molar-refractivity contribution in [3.8, 4) is 11.1 Å². The molecule has 36 heavy (non-hydrogen) atoms. The lowest BCUT2D eigenvalue weighted by atomic mass is 9.78. The van der Waals surface area contributed by atoms with Crippen molar-refractivity contribution in [2.45, 2.75) is 70.1 Å². The highest BCUT2D eigenvalue weighted by Crippen LogP contribution is 2.47. The van der Waals surface area contributed by atoms with Crippen LogP contribution >= 0.6 is 0 Å². The smallest absolute Gasteiger partial charge is 0.286 e. The molecule has 190 valence electrons. The molecule has 1 heterocycles. The summed E-state index contributed by atoms with van der Waals surface area (Å²) in [6, 6.07) is 15.4. The van der Waals surface area contributed by atoms with Crippen molar-refractivity contribution in [3.05, 3.63) is 71.0 Å². The first-order valence-corrected chi connectivity index (χ1v) is 13.8. The Morgan fingerprint density at radius 3 is 2.75 bits per heavy atom. The van der Waals surface area contributed by atoms with Crippen molar-refractivity contribution in [1.82, 2.24) is 5.32 Å². The number of carbonyl (C=O) groups is 1. The van der Waals surface area contributed by atoms with Gasteiger partial charge in [-0.3, -0.25) is 4.79 Å². The van der Waals surface area contributed by atoms with Gasteiger partial charge in [0.15, 0.2) is 5.76 Å². The summed E-state index contributed by atoms with van der Waals surface area (Å²) < 4.78 is 12.4. The monoisotopic (exact) mass is 487 g/mol. The molecule has 1 amide bonds. The zero-order chi connectivity index (χ0) is 24.6. The summed E-state index contributed by atoms with van der Waals surface area (Å²) in [4.78, 5) is 13.5. The molecule has 3 aliphatic carbocycles. The maximum Gasteiger partial charge on any atom is 0.286 e. The standard InChI is InChI=1S/C31H37NO4/c1-2-35-31-25(11-6-14-33)27(18-29(36-31)30(34)32-28-16-19-12-13-21(28)15-19)24-10-5-9-23-22-8-4-3-7-20(22)17-26(23)24/h3-5,7-10,18-19,21,25,27-28,31,33H,2,6,11-17H2,1H3,(H,32,34)/t19?,21?,25-,27+,28?,31+/m1/s1. The molecular formula is C31H37NO4. The van der Waals surface area contributed by atoms with Crippen molar-refractivity contribution in [2.75, 3.05) is 13.2 Å². The number of rotatable bonds is 8. The number of allylic oxidation sites excluding steroid dienone is 1. The average Bonchev–Trinajstić information content (AvgIpc) is 3.62. The Hall–Kier alpha value is -2.63. The molecule has 2 aromatic rings. The molecule has 2 saturated carbocycles. The molecule has 2 fully saturated rings. The number of amides is 1. The van der Waals surface area contributed by atoms with E-state index >= 15 is 0 Å². The van der Waals surface area contributed by atoms with E-state index in [4.69, 9.17) is 9.47 Å². The number of hydrogen-bond donors (Lipinski definition) is 2. The summed E-state index contributed by atoms with van der Waals surface area (Å²) in [5, 5.41) is 12.9. The molecule has 5 nitrogen and oxygen atoms in total. The van der Waals surface area contributed by atoms with Gasteiger partial charge < -0.3 is 19.9 Å². The van der Waals surface area contributed by atoms with Crippen molar-refractivity contribution in [2.24, 2.45) is 17.8 Å². The summed E-state index contributed by atoms with van der Waals surface area (Å²) in [6.07, 6.45) is 8.71. The third-order valence-electron chi connectivity index (χ3n) is 8.94. The van der Waals surface area contributed by atoms with E-state index < -0.39 is 6.29 Å². The molecule has 0 saturated heterocycles. The first-order valence-electron chi connectivity index (χ1n) is 13.8. The van der Waals surface area contributed by atoms with Gasteiger partial charge in [-0.2, -0.15) is 0 Å². The van der Waals surface area contributed by atoms with Crippen LogP contribution in [-0.2, 0) is 20.7 Å². The highest BCUT2D eigenvalue weighted by atomic mass is 16.7. The molecule has 2 aromatic carbocycles. The number of aliphatic hydroxyl groups is 1. The first-order chi connectivity index (χ1) is 17.7. The van der Waals surface area contributed by atoms with Crippen LogP contribution in [0.3, 0.4) is 0 Å². The van der Waals surface area contributed by atoms with Gasteiger partial charge in [0.25, 0.3) is 5.91 Å². The molecular weight excluding hydrogens is 450 g/mol. The predicted molar refractivity (Wildman–Crippen MR) is 139 cm³/mol. The largest absolute Gasteiger partial charge is 0.459 e. The lowest BCUT2D eigenvalue weighted by Crippen LogP contribution is -2.43. The molecule has 2 N–H and O–H groups in total. The van der Waals surface area contributed by atoms with E-state index in [1.165, 1.54) is 47.1 Å². The number of hydrogen-bond acceptors (Lipinski definition) is 4. The van der Waals surface area contributed by atoms with Gasteiger partial charge in [-0.05, 0) is 91.2 Å². The van der Waals surface area contributed by atoms with Crippen LogP contribution in [-0.4, -0.2) is 36.6 Å². The lowest BCUT2D eigenvalue weighted by Gasteiger charge is -2.38. The van der Waals surface area contributed by atoms with Crippen LogP contribution in [0.25, 0.3) is 11.1 Å². The highest BCUT2D eigenvalue weighted by Gasteiger charge is 2.43. The molecule has 3 unspecified atom stereocenters. The van der Waals surface area contributed by atoms with Crippen molar-refractivity contribution in [3.63, 3.8) is 0 Å². The number of nitrogens with one attached hydrogen (secondary N) is 1. The molecule has 0 radical (unpaired) electrons. The van der Waals surface area contributed by atoms with Crippen molar-refractivity contribution >= 4 is 5.91 Å². The zero-order valence-electron chi connectivity index (χ0n) is 21.1. The minimum absolute atomic E-state index is 0.0198. The van der Waals surface area contributed by atoms with E-state index in [1.54, 1.807) is 0 Å². The third-order valence-corrected chi connectivity index (χ3v) is 8.94. The quantitative estimate of drug-likeness (QED) is 0.452. The summed E-state index contributed by atoms with van der Waals surface area (Å²) in [5.74, 6) is 1.64. The molecule has 2 bridgehead atoms. The Morgan fingerprint density at radius 2 is 1.97 bits per heavy atom. The predicted octanol–water partition coefficient (Wildman–Crippen LogP) is 5.31. The van der Waals surface area contributed by atoms with Gasteiger partial charge in [-0.15, -0.1) is 0 Å². The van der Waals surface area contributed by atoms with Gasteiger partial charge in [0.05, 0.1) is 0 Å². The van der Waals surface area contributed by atoms with Gasteiger partial charge in [-0.1, -0.05) is 48.9 Å². The second kappa shape index (κ2) is 10.0. The van der Waals surface area contributed by atoms with E-state index in [0.717, 1.165) is 25.2 Å². The summed E-state index contributed by atoms with van der Waals surface area (Å²) in [7, 11) is 0. The summed E-state index contributed by atoms with van der Waals surface area (Å²) in [5.41, 5.74) is 6.50. The third kappa shape index (κ3) is 4.26. The Balaban J connectivity index is 1.35. The van der Waals surface area contributed by atoms with Crippen LogP contribution < -0.4 is 5.32 Å². The Labute approximate surface area is 213 Å². The Bertz CT molecular complexity index is 1160. The van der Waals surface area contributed by atoms with Gasteiger partial charge in [0, 0.05) is 31.1 Å². The molecule has 5 heteroatoms. The van der Waals surface area contributed by atoms with E-state index in [9.17, 15) is 9.90 Å². The maximum atomic E-state index is 13.5. The molecule has 4 aliphatic rings. The fourth-order valence-corrected chi connectivity index (χ4v) is 7.28. The maximum absolute atomic E-state index is 13.5. The van der Waals surface area contributed by atoms with Crippen molar-refractivity contribution < 1.29 is 19.4 Å². The number of benzene rings is 2. The van der Waals surface area contributed by atoms with E-state index in [1.807, 2.05) is 13.0 Å². The van der Waals surface area contributed by atoms with Gasteiger partial charge in [0.2, 0.25) is 6.29 Å². The van der Waals surface area contributed by atoms with Crippen LogP contribution in [0.5, 0.6) is 0 Å². The number of ether oxygens (including phenoxy) is 2. The summed E-state index contributed by atoms with van der Waals surface area (Å²) >= 11 is 0. The van der Waals surface area contributed by atoms with Crippen LogP contribution in [0.1, 0.15) is 68.1 Å². The average molecular weight is 488 g/mol. The van der Waals surface area contributed by atoms with Crippen LogP contribution in [0.2, 0.25) is 0 Å². The van der Waals surface area contributed by atoms with E-state index in [0.29, 0.717) is 24.7 Å². The van der Waals surface area contributed by atoms with Gasteiger partial charge in [-0.25, -0.2) is 0 Å². The van der Waals surface area contributed by atoms with Crippen LogP contribution in [0.15, 0.2) is 54.3 Å². The van der Waals surface area contributed by atoms with Gasteiger partial charge in [0.1, 0.15) is 0 Å². The second-order valence-corrected chi connectivity index (χ2v) is 11.0.